The van der Waals surface area contributed by atoms with Crippen LogP contribution in [0.3, 0.4) is 0 Å². The Bertz CT molecular complexity index is 459. The fourth-order valence-corrected chi connectivity index (χ4v) is 2.86. The molecule has 5 heteroatoms. The van der Waals surface area contributed by atoms with Gasteiger partial charge in [-0.05, 0) is 57.7 Å². The number of nitrogens with two attached hydrogens (primary N) is 1. The molecule has 0 saturated heterocycles. The van der Waals surface area contributed by atoms with E-state index < -0.39 is 0 Å². The summed E-state index contributed by atoms with van der Waals surface area (Å²) in [4.78, 5) is 4.84. The lowest BCUT2D eigenvalue weighted by molar-refractivity contribution is 0.249. The zero-order valence-electron chi connectivity index (χ0n) is 16.7. The third-order valence-electron chi connectivity index (χ3n) is 4.67. The van der Waals surface area contributed by atoms with Crippen molar-refractivity contribution in [3.63, 3.8) is 0 Å². The van der Waals surface area contributed by atoms with Crippen molar-refractivity contribution in [3.05, 3.63) is 18.2 Å². The molecule has 1 rings (SSSR count). The van der Waals surface area contributed by atoms with E-state index in [0.29, 0.717) is 0 Å². The van der Waals surface area contributed by atoms with E-state index in [-0.39, 0.29) is 0 Å². The molecule has 0 saturated carbocycles. The Morgan fingerprint density at radius 2 is 1.52 bits per heavy atom. The Hall–Kier alpha value is -1.46. The second-order valence-electron chi connectivity index (χ2n) is 6.29. The van der Waals surface area contributed by atoms with Crippen molar-refractivity contribution >= 4 is 11.4 Å². The van der Waals surface area contributed by atoms with Crippen LogP contribution >= 0.6 is 0 Å². The summed E-state index contributed by atoms with van der Waals surface area (Å²) < 4.78 is 5.89. The highest BCUT2D eigenvalue weighted by Gasteiger charge is 2.04. The molecule has 0 unspecified atom stereocenters. The van der Waals surface area contributed by atoms with Crippen molar-refractivity contribution in [1.82, 2.24) is 9.80 Å². The van der Waals surface area contributed by atoms with Crippen molar-refractivity contribution < 1.29 is 4.74 Å². The molecule has 0 aliphatic carbocycles. The van der Waals surface area contributed by atoms with Crippen LogP contribution in [0.2, 0.25) is 0 Å². The number of nitrogens with zero attached hydrogens (tertiary/aromatic N) is 2. The fraction of sp³-hybridized carbons (Fsp3) is 0.700. The molecule has 1 aromatic rings. The first kappa shape index (κ1) is 21.6. The first-order valence-corrected chi connectivity index (χ1v) is 9.85. The van der Waals surface area contributed by atoms with Gasteiger partial charge in [0.2, 0.25) is 0 Å². The molecule has 0 bridgehead atoms. The van der Waals surface area contributed by atoms with E-state index in [0.717, 1.165) is 82.4 Å². The van der Waals surface area contributed by atoms with E-state index in [1.165, 1.54) is 0 Å². The highest BCUT2D eigenvalue weighted by Crippen LogP contribution is 2.24. The standard InChI is InChI=1S/C20H38N4O/c1-5-23(6-2)14-9-13-22-20-17-18(11-12-19(20)21)25-16-10-15-24(7-3)8-4/h11-12,17,22H,5-10,13-16,21H2,1-4H3. The summed E-state index contributed by atoms with van der Waals surface area (Å²) in [6.07, 6.45) is 2.15. The number of hydrogen-bond donors (Lipinski definition) is 2. The molecule has 0 aromatic heterocycles. The van der Waals surface area contributed by atoms with Crippen molar-refractivity contribution in [2.45, 2.75) is 40.5 Å². The van der Waals surface area contributed by atoms with Crippen molar-refractivity contribution in [1.29, 1.82) is 0 Å². The van der Waals surface area contributed by atoms with E-state index in [2.05, 4.69) is 42.8 Å². The molecule has 0 amide bonds. The summed E-state index contributed by atoms with van der Waals surface area (Å²) in [5, 5.41) is 3.44. The lowest BCUT2D eigenvalue weighted by Gasteiger charge is -2.19. The molecule has 0 spiro atoms. The highest BCUT2D eigenvalue weighted by atomic mass is 16.5. The minimum Gasteiger partial charge on any atom is -0.493 e. The molecule has 0 heterocycles. The molecule has 5 nitrogen and oxygen atoms in total. The van der Waals surface area contributed by atoms with Crippen molar-refractivity contribution in [2.75, 3.05) is 63.5 Å². The second kappa shape index (κ2) is 12.8. The second-order valence-corrected chi connectivity index (χ2v) is 6.29. The minimum absolute atomic E-state index is 0.738. The van der Waals surface area contributed by atoms with Gasteiger partial charge in [-0.15, -0.1) is 0 Å². The van der Waals surface area contributed by atoms with Crippen LogP contribution in [0, 0.1) is 0 Å². The van der Waals surface area contributed by atoms with Gasteiger partial charge in [-0.2, -0.15) is 0 Å². The number of benzene rings is 1. The van der Waals surface area contributed by atoms with Gasteiger partial charge in [-0.3, -0.25) is 0 Å². The number of nitrogen functional groups attached to an aromatic ring is 1. The van der Waals surface area contributed by atoms with E-state index >= 15 is 0 Å². The van der Waals surface area contributed by atoms with Crippen LogP contribution in [-0.4, -0.2) is 62.2 Å². The summed E-state index contributed by atoms with van der Waals surface area (Å²) in [6, 6.07) is 5.89. The average molecular weight is 351 g/mol. The number of rotatable bonds is 14. The van der Waals surface area contributed by atoms with Gasteiger partial charge < -0.3 is 25.6 Å². The molecule has 25 heavy (non-hydrogen) atoms. The summed E-state index contributed by atoms with van der Waals surface area (Å²) in [6.45, 7) is 17.1. The van der Waals surface area contributed by atoms with Crippen LogP contribution in [0.5, 0.6) is 5.75 Å². The highest BCUT2D eigenvalue weighted by molar-refractivity contribution is 5.68. The summed E-state index contributed by atoms with van der Waals surface area (Å²) in [7, 11) is 0. The number of ether oxygens (including phenoxy) is 1. The Morgan fingerprint density at radius 1 is 0.920 bits per heavy atom. The normalized spacial score (nSPS) is 11.3. The molecule has 0 atom stereocenters. The van der Waals surface area contributed by atoms with Gasteiger partial charge in [-0.25, -0.2) is 0 Å². The number of anilines is 2. The topological polar surface area (TPSA) is 53.8 Å². The predicted octanol–water partition coefficient (Wildman–Crippen LogP) is 3.52. The first-order valence-electron chi connectivity index (χ1n) is 9.85. The molecule has 1 aromatic carbocycles. The average Bonchev–Trinajstić information content (AvgIpc) is 2.64. The maximum atomic E-state index is 6.08. The Labute approximate surface area is 154 Å². The monoisotopic (exact) mass is 350 g/mol. The molecule has 0 aliphatic heterocycles. The van der Waals surface area contributed by atoms with Gasteiger partial charge in [0.1, 0.15) is 5.75 Å². The lowest BCUT2D eigenvalue weighted by Crippen LogP contribution is -2.25. The van der Waals surface area contributed by atoms with Crippen molar-refractivity contribution in [2.24, 2.45) is 0 Å². The SMILES string of the molecule is CCN(CC)CCCNc1cc(OCCCN(CC)CC)ccc1N. The van der Waals surface area contributed by atoms with Gasteiger partial charge in [-0.1, -0.05) is 27.7 Å². The van der Waals surface area contributed by atoms with Crippen LogP contribution in [0.4, 0.5) is 11.4 Å². The molecular formula is C20H38N4O. The summed E-state index contributed by atoms with van der Waals surface area (Å²) in [5.74, 6) is 0.889. The number of nitrogens with one attached hydrogen (secondary N) is 1. The zero-order valence-corrected chi connectivity index (χ0v) is 16.7. The van der Waals surface area contributed by atoms with Crippen LogP contribution in [0.15, 0.2) is 18.2 Å². The Kier molecular flexibility index (Phi) is 11.1. The van der Waals surface area contributed by atoms with Gasteiger partial charge in [0.15, 0.2) is 0 Å². The van der Waals surface area contributed by atoms with E-state index in [1.54, 1.807) is 0 Å². The number of hydrogen-bond acceptors (Lipinski definition) is 5. The summed E-state index contributed by atoms with van der Waals surface area (Å²) >= 11 is 0. The lowest BCUT2D eigenvalue weighted by atomic mass is 10.2. The zero-order chi connectivity index (χ0) is 18.5. The third kappa shape index (κ3) is 8.45. The third-order valence-corrected chi connectivity index (χ3v) is 4.67. The van der Waals surface area contributed by atoms with Crippen LogP contribution in [0.25, 0.3) is 0 Å². The first-order chi connectivity index (χ1) is 12.1. The van der Waals surface area contributed by atoms with Crippen LogP contribution in [-0.2, 0) is 0 Å². The van der Waals surface area contributed by atoms with Gasteiger partial charge in [0.25, 0.3) is 0 Å². The van der Waals surface area contributed by atoms with E-state index in [4.69, 9.17) is 10.5 Å². The molecule has 0 aliphatic rings. The maximum Gasteiger partial charge on any atom is 0.121 e. The van der Waals surface area contributed by atoms with Crippen LogP contribution < -0.4 is 15.8 Å². The molecule has 0 radical (unpaired) electrons. The fourth-order valence-electron chi connectivity index (χ4n) is 2.86. The van der Waals surface area contributed by atoms with Crippen molar-refractivity contribution in [3.8, 4) is 5.75 Å². The smallest absolute Gasteiger partial charge is 0.121 e. The van der Waals surface area contributed by atoms with Gasteiger partial charge in [0, 0.05) is 19.2 Å². The van der Waals surface area contributed by atoms with Crippen LogP contribution in [0.1, 0.15) is 40.5 Å². The largest absolute Gasteiger partial charge is 0.493 e. The minimum atomic E-state index is 0.738. The van der Waals surface area contributed by atoms with Gasteiger partial charge >= 0.3 is 0 Å². The molecule has 0 fully saturated rings. The van der Waals surface area contributed by atoms with Gasteiger partial charge in [0.05, 0.1) is 18.0 Å². The quantitative estimate of drug-likeness (QED) is 0.397. The molecule has 3 N–H and O–H groups in total. The van der Waals surface area contributed by atoms with E-state index in [1.807, 2.05) is 18.2 Å². The summed E-state index contributed by atoms with van der Waals surface area (Å²) in [5.41, 5.74) is 7.83. The molecule has 144 valence electrons. The predicted molar refractivity (Wildman–Crippen MR) is 110 cm³/mol. The molecular weight excluding hydrogens is 312 g/mol. The Balaban J connectivity index is 2.37. The Morgan fingerprint density at radius 3 is 2.12 bits per heavy atom. The maximum absolute atomic E-state index is 6.08. The van der Waals surface area contributed by atoms with E-state index in [9.17, 15) is 0 Å².